The standard InChI is InChI=1S/C13H15BrClNO2/c14-8-11-9-16(5-6-18-11)13(17)7-10-3-1-2-4-12(10)15/h1-4,11H,5-9H2. The number of alkyl halides is 1. The fraction of sp³-hybridized carbons (Fsp3) is 0.462. The van der Waals surface area contributed by atoms with Gasteiger partial charge in [-0.05, 0) is 11.6 Å². The fourth-order valence-electron chi connectivity index (χ4n) is 1.96. The normalized spacial score (nSPS) is 19.9. The molecule has 0 saturated carbocycles. The number of carbonyl (C=O) groups is 1. The summed E-state index contributed by atoms with van der Waals surface area (Å²) in [5, 5.41) is 1.40. The molecule has 0 N–H and O–H groups in total. The SMILES string of the molecule is O=C(Cc1ccccc1Cl)N1CCOC(CBr)C1. The maximum atomic E-state index is 12.2. The van der Waals surface area contributed by atoms with E-state index in [-0.39, 0.29) is 12.0 Å². The molecule has 0 aromatic heterocycles. The molecule has 1 aromatic rings. The highest BCUT2D eigenvalue weighted by atomic mass is 79.9. The first-order chi connectivity index (χ1) is 8.70. The largest absolute Gasteiger partial charge is 0.374 e. The number of halogens is 2. The van der Waals surface area contributed by atoms with Crippen LogP contribution in [0, 0.1) is 0 Å². The molecule has 0 aliphatic carbocycles. The van der Waals surface area contributed by atoms with Crippen LogP contribution in [-0.2, 0) is 16.0 Å². The summed E-state index contributed by atoms with van der Waals surface area (Å²) < 4.78 is 5.51. The summed E-state index contributed by atoms with van der Waals surface area (Å²) in [5.41, 5.74) is 0.881. The van der Waals surface area contributed by atoms with Crippen LogP contribution in [0.25, 0.3) is 0 Å². The van der Waals surface area contributed by atoms with Crippen LogP contribution in [0.5, 0.6) is 0 Å². The van der Waals surface area contributed by atoms with Crippen molar-refractivity contribution in [2.24, 2.45) is 0 Å². The van der Waals surface area contributed by atoms with Crippen molar-refractivity contribution >= 4 is 33.4 Å². The zero-order valence-corrected chi connectivity index (χ0v) is 12.3. The summed E-state index contributed by atoms with van der Waals surface area (Å²) in [5.74, 6) is 0.109. The molecule has 2 rings (SSSR count). The molecule has 1 aromatic carbocycles. The summed E-state index contributed by atoms with van der Waals surface area (Å²) in [6.45, 7) is 1.91. The van der Waals surface area contributed by atoms with Crippen LogP contribution < -0.4 is 0 Å². The van der Waals surface area contributed by atoms with Crippen molar-refractivity contribution in [1.29, 1.82) is 0 Å². The number of benzene rings is 1. The van der Waals surface area contributed by atoms with Crippen molar-refractivity contribution in [3.8, 4) is 0 Å². The van der Waals surface area contributed by atoms with Gasteiger partial charge in [-0.3, -0.25) is 4.79 Å². The molecule has 1 aliphatic heterocycles. The maximum absolute atomic E-state index is 12.2. The Morgan fingerprint density at radius 1 is 1.50 bits per heavy atom. The Hall–Kier alpha value is -0.580. The van der Waals surface area contributed by atoms with Crippen molar-refractivity contribution in [2.45, 2.75) is 12.5 Å². The lowest BCUT2D eigenvalue weighted by molar-refractivity contribution is -0.137. The van der Waals surface area contributed by atoms with Crippen LogP contribution in [-0.4, -0.2) is 41.9 Å². The van der Waals surface area contributed by atoms with Crippen molar-refractivity contribution in [1.82, 2.24) is 4.90 Å². The highest BCUT2D eigenvalue weighted by Gasteiger charge is 2.23. The molecule has 1 saturated heterocycles. The van der Waals surface area contributed by atoms with Gasteiger partial charge in [0.2, 0.25) is 5.91 Å². The summed E-state index contributed by atoms with van der Waals surface area (Å²) in [6, 6.07) is 7.47. The topological polar surface area (TPSA) is 29.5 Å². The van der Waals surface area contributed by atoms with Crippen LogP contribution in [0.15, 0.2) is 24.3 Å². The third kappa shape index (κ3) is 3.46. The average Bonchev–Trinajstić information content (AvgIpc) is 2.41. The van der Waals surface area contributed by atoms with E-state index in [1.807, 2.05) is 29.2 Å². The Kier molecular flexibility index (Phi) is 5.03. The first kappa shape index (κ1) is 13.8. The van der Waals surface area contributed by atoms with E-state index in [0.29, 0.717) is 31.1 Å². The minimum Gasteiger partial charge on any atom is -0.374 e. The van der Waals surface area contributed by atoms with Crippen molar-refractivity contribution < 1.29 is 9.53 Å². The summed E-state index contributed by atoms with van der Waals surface area (Å²) in [7, 11) is 0. The van der Waals surface area contributed by atoms with Gasteiger partial charge in [-0.15, -0.1) is 0 Å². The Morgan fingerprint density at radius 2 is 2.28 bits per heavy atom. The lowest BCUT2D eigenvalue weighted by atomic mass is 10.1. The van der Waals surface area contributed by atoms with E-state index in [4.69, 9.17) is 16.3 Å². The van der Waals surface area contributed by atoms with Gasteiger partial charge in [-0.2, -0.15) is 0 Å². The van der Waals surface area contributed by atoms with Gasteiger partial charge in [0.25, 0.3) is 0 Å². The Labute approximate surface area is 120 Å². The van der Waals surface area contributed by atoms with Crippen LogP contribution in [0.2, 0.25) is 5.02 Å². The highest BCUT2D eigenvalue weighted by molar-refractivity contribution is 9.09. The number of amides is 1. The van der Waals surface area contributed by atoms with E-state index in [1.165, 1.54) is 0 Å². The van der Waals surface area contributed by atoms with Gasteiger partial charge in [0.1, 0.15) is 0 Å². The Balaban J connectivity index is 1.97. The lowest BCUT2D eigenvalue weighted by Gasteiger charge is -2.32. The zero-order valence-electron chi connectivity index (χ0n) is 9.94. The van der Waals surface area contributed by atoms with E-state index >= 15 is 0 Å². The van der Waals surface area contributed by atoms with E-state index in [0.717, 1.165) is 10.9 Å². The number of hydrogen-bond donors (Lipinski definition) is 0. The molecule has 1 aliphatic rings. The molecule has 1 unspecified atom stereocenters. The molecule has 0 radical (unpaired) electrons. The molecule has 1 fully saturated rings. The van der Waals surface area contributed by atoms with E-state index in [9.17, 15) is 4.79 Å². The van der Waals surface area contributed by atoms with Gasteiger partial charge in [-0.25, -0.2) is 0 Å². The molecule has 1 heterocycles. The number of rotatable bonds is 3. The van der Waals surface area contributed by atoms with Crippen LogP contribution in [0.3, 0.4) is 0 Å². The zero-order chi connectivity index (χ0) is 13.0. The third-order valence-corrected chi connectivity index (χ3v) is 4.05. The van der Waals surface area contributed by atoms with Gasteiger partial charge in [0, 0.05) is 23.4 Å². The number of hydrogen-bond acceptors (Lipinski definition) is 2. The molecule has 3 nitrogen and oxygen atoms in total. The lowest BCUT2D eigenvalue weighted by Crippen LogP contribution is -2.46. The second kappa shape index (κ2) is 6.55. The summed E-state index contributed by atoms with van der Waals surface area (Å²) in [4.78, 5) is 14.0. The van der Waals surface area contributed by atoms with Crippen LogP contribution >= 0.6 is 27.5 Å². The molecule has 1 atom stereocenters. The number of carbonyl (C=O) groups excluding carboxylic acids is 1. The Bertz CT molecular complexity index is 427. The van der Waals surface area contributed by atoms with Gasteiger partial charge >= 0.3 is 0 Å². The molecule has 5 heteroatoms. The van der Waals surface area contributed by atoms with Crippen molar-refractivity contribution in [2.75, 3.05) is 25.0 Å². The predicted molar refractivity (Wildman–Crippen MR) is 75.3 cm³/mol. The highest BCUT2D eigenvalue weighted by Crippen LogP contribution is 2.17. The van der Waals surface area contributed by atoms with E-state index < -0.39 is 0 Å². The molecular weight excluding hydrogens is 318 g/mol. The average molecular weight is 333 g/mol. The second-order valence-electron chi connectivity index (χ2n) is 4.26. The smallest absolute Gasteiger partial charge is 0.227 e. The van der Waals surface area contributed by atoms with Crippen LogP contribution in [0.4, 0.5) is 0 Å². The minimum absolute atomic E-state index is 0.0916. The fourth-order valence-corrected chi connectivity index (χ4v) is 2.55. The van der Waals surface area contributed by atoms with Gasteiger partial charge in [-0.1, -0.05) is 45.7 Å². The Morgan fingerprint density at radius 3 is 3.00 bits per heavy atom. The molecule has 18 heavy (non-hydrogen) atoms. The van der Waals surface area contributed by atoms with Gasteiger partial charge < -0.3 is 9.64 Å². The van der Waals surface area contributed by atoms with Gasteiger partial charge in [0.15, 0.2) is 0 Å². The molecular formula is C13H15BrClNO2. The van der Waals surface area contributed by atoms with Crippen molar-refractivity contribution in [3.63, 3.8) is 0 Å². The maximum Gasteiger partial charge on any atom is 0.227 e. The second-order valence-corrected chi connectivity index (χ2v) is 5.31. The third-order valence-electron chi connectivity index (χ3n) is 2.96. The molecule has 0 bridgehead atoms. The summed E-state index contributed by atoms with van der Waals surface area (Å²) in [6.07, 6.45) is 0.447. The molecule has 0 spiro atoms. The van der Waals surface area contributed by atoms with E-state index in [1.54, 1.807) is 0 Å². The predicted octanol–water partition coefficient (Wildman–Crippen LogP) is 2.50. The first-order valence-corrected chi connectivity index (χ1v) is 7.39. The van der Waals surface area contributed by atoms with Crippen LogP contribution in [0.1, 0.15) is 5.56 Å². The van der Waals surface area contributed by atoms with Crippen molar-refractivity contribution in [3.05, 3.63) is 34.9 Å². The quantitative estimate of drug-likeness (QED) is 0.796. The van der Waals surface area contributed by atoms with E-state index in [2.05, 4.69) is 15.9 Å². The van der Waals surface area contributed by atoms with Gasteiger partial charge in [0.05, 0.1) is 19.1 Å². The first-order valence-electron chi connectivity index (χ1n) is 5.89. The monoisotopic (exact) mass is 331 g/mol. The number of nitrogens with zero attached hydrogens (tertiary/aromatic N) is 1. The number of morpholine rings is 1. The number of ether oxygens (including phenoxy) is 1. The summed E-state index contributed by atoms with van der Waals surface area (Å²) >= 11 is 9.44. The minimum atomic E-state index is 0.0916. The molecule has 98 valence electrons. The molecule has 1 amide bonds.